The molecular formula is C13H17N5O2. The van der Waals surface area contributed by atoms with Crippen molar-refractivity contribution in [3.8, 4) is 11.4 Å². The van der Waals surface area contributed by atoms with Crippen LogP contribution in [0.5, 0.6) is 0 Å². The summed E-state index contributed by atoms with van der Waals surface area (Å²) < 4.78 is 5.11. The van der Waals surface area contributed by atoms with Gasteiger partial charge < -0.3 is 9.64 Å². The van der Waals surface area contributed by atoms with E-state index in [1.54, 1.807) is 11.9 Å². The first kappa shape index (κ1) is 14.1. The van der Waals surface area contributed by atoms with Gasteiger partial charge >= 0.3 is 0 Å². The fraction of sp³-hybridized carbons (Fsp3) is 0.385. The molecule has 0 saturated heterocycles. The van der Waals surface area contributed by atoms with Crippen LogP contribution in [-0.2, 0) is 16.1 Å². The highest BCUT2D eigenvalue weighted by Crippen LogP contribution is 2.15. The number of amides is 1. The summed E-state index contributed by atoms with van der Waals surface area (Å²) in [6, 6.07) is 7.70. The lowest BCUT2D eigenvalue weighted by molar-refractivity contribution is -0.135. The molecule has 0 saturated carbocycles. The highest BCUT2D eigenvalue weighted by molar-refractivity contribution is 5.77. The summed E-state index contributed by atoms with van der Waals surface area (Å²) in [6.45, 7) is 3.02. The second-order valence-corrected chi connectivity index (χ2v) is 4.32. The third kappa shape index (κ3) is 3.61. The zero-order chi connectivity index (χ0) is 14.4. The van der Waals surface area contributed by atoms with Crippen LogP contribution in [-0.4, -0.2) is 51.7 Å². The number of benzene rings is 1. The summed E-state index contributed by atoms with van der Waals surface area (Å²) in [5.74, 6) is 0.493. The molecule has 7 heteroatoms. The number of ether oxygens (including phenoxy) is 1. The summed E-state index contributed by atoms with van der Waals surface area (Å²) in [6.07, 6.45) is 0. The Morgan fingerprint density at radius 1 is 1.45 bits per heavy atom. The Morgan fingerprint density at radius 2 is 2.30 bits per heavy atom. The van der Waals surface area contributed by atoms with E-state index in [-0.39, 0.29) is 12.5 Å². The highest BCUT2D eigenvalue weighted by Gasteiger charge is 2.10. The number of rotatable bonds is 6. The van der Waals surface area contributed by atoms with Gasteiger partial charge in [-0.1, -0.05) is 18.2 Å². The maximum absolute atomic E-state index is 11.8. The van der Waals surface area contributed by atoms with Gasteiger partial charge in [-0.3, -0.25) is 4.79 Å². The molecule has 2 aromatic rings. The zero-order valence-corrected chi connectivity index (χ0v) is 11.5. The van der Waals surface area contributed by atoms with Gasteiger partial charge in [-0.05, 0) is 23.8 Å². The normalized spacial score (nSPS) is 10.5. The van der Waals surface area contributed by atoms with Gasteiger partial charge in [0, 0.05) is 25.8 Å². The van der Waals surface area contributed by atoms with Crippen molar-refractivity contribution in [3.05, 3.63) is 29.8 Å². The lowest BCUT2D eigenvalue weighted by Gasteiger charge is -2.17. The van der Waals surface area contributed by atoms with Crippen LogP contribution >= 0.6 is 0 Å². The first-order valence-electron chi connectivity index (χ1n) is 6.35. The molecule has 0 aliphatic rings. The Kier molecular flexibility index (Phi) is 4.78. The fourth-order valence-electron chi connectivity index (χ4n) is 1.75. The van der Waals surface area contributed by atoms with Gasteiger partial charge in [0.15, 0.2) is 0 Å². The highest BCUT2D eigenvalue weighted by atomic mass is 16.5. The molecule has 106 valence electrons. The van der Waals surface area contributed by atoms with E-state index in [1.165, 1.54) is 0 Å². The Labute approximate surface area is 116 Å². The third-order valence-electron chi connectivity index (χ3n) is 2.81. The van der Waals surface area contributed by atoms with Crippen LogP contribution < -0.4 is 0 Å². The van der Waals surface area contributed by atoms with Crippen LogP contribution in [0.25, 0.3) is 11.4 Å². The Morgan fingerprint density at radius 3 is 3.00 bits per heavy atom. The van der Waals surface area contributed by atoms with E-state index in [4.69, 9.17) is 4.74 Å². The van der Waals surface area contributed by atoms with Gasteiger partial charge in [0.05, 0.1) is 0 Å². The van der Waals surface area contributed by atoms with Crippen molar-refractivity contribution >= 4 is 5.91 Å². The van der Waals surface area contributed by atoms with Crippen molar-refractivity contribution in [1.29, 1.82) is 0 Å². The molecule has 0 aliphatic carbocycles. The van der Waals surface area contributed by atoms with Crippen molar-refractivity contribution < 1.29 is 9.53 Å². The van der Waals surface area contributed by atoms with Crippen molar-refractivity contribution in [2.75, 3.05) is 20.3 Å². The predicted octanol–water partition coefficient (Wildman–Crippen LogP) is 0.862. The van der Waals surface area contributed by atoms with Crippen LogP contribution in [0.1, 0.15) is 12.5 Å². The summed E-state index contributed by atoms with van der Waals surface area (Å²) >= 11 is 0. The zero-order valence-electron chi connectivity index (χ0n) is 11.5. The van der Waals surface area contributed by atoms with Crippen LogP contribution in [0.2, 0.25) is 0 Å². The molecule has 0 aliphatic heterocycles. The van der Waals surface area contributed by atoms with Gasteiger partial charge in [-0.15, -0.1) is 10.2 Å². The topological polar surface area (TPSA) is 84.0 Å². The van der Waals surface area contributed by atoms with E-state index in [0.717, 1.165) is 11.1 Å². The van der Waals surface area contributed by atoms with Crippen LogP contribution in [0.15, 0.2) is 24.3 Å². The molecule has 0 spiro atoms. The van der Waals surface area contributed by atoms with Gasteiger partial charge in [-0.25, -0.2) is 0 Å². The van der Waals surface area contributed by atoms with E-state index < -0.39 is 0 Å². The largest absolute Gasteiger partial charge is 0.372 e. The van der Waals surface area contributed by atoms with Crippen molar-refractivity contribution in [1.82, 2.24) is 25.5 Å². The number of aromatic amines is 1. The predicted molar refractivity (Wildman–Crippen MR) is 72.6 cm³/mol. The Balaban J connectivity index is 2.03. The van der Waals surface area contributed by atoms with Gasteiger partial charge in [0.1, 0.15) is 6.61 Å². The quantitative estimate of drug-likeness (QED) is 0.845. The van der Waals surface area contributed by atoms with Crippen LogP contribution in [0.4, 0.5) is 0 Å². The molecule has 0 atom stereocenters. The molecule has 0 unspecified atom stereocenters. The molecule has 1 aromatic carbocycles. The number of nitrogens with one attached hydrogen (secondary N) is 1. The Bertz CT molecular complexity index is 556. The standard InChI is InChI=1S/C13H17N5O2/c1-3-20-9-12(19)18(2)8-10-5-4-6-11(7-10)13-14-16-17-15-13/h4-7H,3,8-9H2,1-2H3,(H,14,15,16,17). The molecule has 0 radical (unpaired) electrons. The fourth-order valence-corrected chi connectivity index (χ4v) is 1.75. The number of tetrazole rings is 1. The molecular weight excluding hydrogens is 258 g/mol. The molecule has 0 fully saturated rings. The van der Waals surface area contributed by atoms with Crippen molar-refractivity contribution in [3.63, 3.8) is 0 Å². The van der Waals surface area contributed by atoms with Crippen LogP contribution in [0.3, 0.4) is 0 Å². The van der Waals surface area contributed by atoms with Gasteiger partial charge in [-0.2, -0.15) is 5.21 Å². The minimum Gasteiger partial charge on any atom is -0.372 e. The summed E-state index contributed by atoms with van der Waals surface area (Å²) in [5.41, 5.74) is 1.86. The van der Waals surface area contributed by atoms with Crippen molar-refractivity contribution in [2.45, 2.75) is 13.5 Å². The number of carbonyl (C=O) groups excluding carboxylic acids is 1. The lowest BCUT2D eigenvalue weighted by atomic mass is 10.1. The second kappa shape index (κ2) is 6.76. The lowest BCUT2D eigenvalue weighted by Crippen LogP contribution is -2.29. The Hall–Kier alpha value is -2.28. The smallest absolute Gasteiger partial charge is 0.248 e. The first-order chi connectivity index (χ1) is 9.70. The third-order valence-corrected chi connectivity index (χ3v) is 2.81. The molecule has 0 bridgehead atoms. The number of aromatic nitrogens is 4. The average molecular weight is 275 g/mol. The average Bonchev–Trinajstić information content (AvgIpc) is 2.99. The maximum atomic E-state index is 11.8. The number of nitrogens with zero attached hydrogens (tertiary/aromatic N) is 4. The minimum atomic E-state index is -0.0446. The van der Waals surface area contributed by atoms with Crippen LogP contribution in [0, 0.1) is 0 Å². The van der Waals surface area contributed by atoms with Gasteiger partial charge in [0.2, 0.25) is 11.7 Å². The number of carbonyl (C=O) groups is 1. The maximum Gasteiger partial charge on any atom is 0.248 e. The molecule has 1 amide bonds. The van der Waals surface area contributed by atoms with Gasteiger partial charge in [0.25, 0.3) is 0 Å². The van der Waals surface area contributed by atoms with E-state index in [2.05, 4.69) is 20.6 Å². The van der Waals surface area contributed by atoms with E-state index in [9.17, 15) is 4.79 Å². The summed E-state index contributed by atoms with van der Waals surface area (Å²) in [5, 5.41) is 13.8. The molecule has 2 rings (SSSR count). The monoisotopic (exact) mass is 275 g/mol. The molecule has 1 heterocycles. The number of H-pyrrole nitrogens is 1. The van der Waals surface area contributed by atoms with E-state index >= 15 is 0 Å². The molecule has 7 nitrogen and oxygen atoms in total. The minimum absolute atomic E-state index is 0.0446. The number of likely N-dealkylation sites (N-methyl/N-ethyl adjacent to an activating group) is 1. The van der Waals surface area contributed by atoms with E-state index in [0.29, 0.717) is 19.0 Å². The molecule has 1 aromatic heterocycles. The SMILES string of the molecule is CCOCC(=O)N(C)Cc1cccc(-c2nn[nH]n2)c1. The summed E-state index contributed by atoms with van der Waals surface area (Å²) in [4.78, 5) is 13.4. The molecule has 20 heavy (non-hydrogen) atoms. The first-order valence-corrected chi connectivity index (χ1v) is 6.35. The summed E-state index contributed by atoms with van der Waals surface area (Å²) in [7, 11) is 1.75. The van der Waals surface area contributed by atoms with E-state index in [1.807, 2.05) is 31.2 Å². The molecule has 1 N–H and O–H groups in total. The number of hydrogen-bond donors (Lipinski definition) is 1. The van der Waals surface area contributed by atoms with Crippen molar-refractivity contribution in [2.24, 2.45) is 0 Å². The number of hydrogen-bond acceptors (Lipinski definition) is 5. The second-order valence-electron chi connectivity index (χ2n) is 4.32.